The maximum Gasteiger partial charge on any atom is 0.147 e. The van der Waals surface area contributed by atoms with E-state index in [1.165, 1.54) is 5.56 Å². The average molecular weight is 234 g/mol. The Morgan fingerprint density at radius 3 is 2.82 bits per heavy atom. The van der Waals surface area contributed by atoms with Crippen LogP contribution >= 0.6 is 0 Å². The zero-order valence-electron chi connectivity index (χ0n) is 10.2. The van der Waals surface area contributed by atoms with Crippen LogP contribution < -0.4 is 15.2 Å². The van der Waals surface area contributed by atoms with E-state index < -0.39 is 0 Å². The van der Waals surface area contributed by atoms with Crippen LogP contribution in [0.15, 0.2) is 18.3 Å². The molecule has 0 aliphatic heterocycles. The highest BCUT2D eigenvalue weighted by atomic mass is 16.5. The van der Waals surface area contributed by atoms with Crippen LogP contribution in [0.3, 0.4) is 0 Å². The van der Waals surface area contributed by atoms with Crippen molar-refractivity contribution < 1.29 is 9.47 Å². The Bertz CT molecular complexity index is 505. The minimum absolute atomic E-state index is 0.632. The second-order valence-electron chi connectivity index (χ2n) is 3.83. The third-order valence-electron chi connectivity index (χ3n) is 2.76. The molecule has 0 spiro atoms. The predicted octanol–water partition coefficient (Wildman–Crippen LogP) is 2.08. The van der Waals surface area contributed by atoms with Gasteiger partial charge in [-0.1, -0.05) is 0 Å². The summed E-state index contributed by atoms with van der Waals surface area (Å²) < 4.78 is 10.9. The fourth-order valence-corrected chi connectivity index (χ4v) is 1.98. The Balaban J connectivity index is 2.56. The smallest absolute Gasteiger partial charge is 0.147 e. The van der Waals surface area contributed by atoms with Crippen molar-refractivity contribution in [1.82, 2.24) is 4.98 Å². The molecule has 0 aliphatic carbocycles. The summed E-state index contributed by atoms with van der Waals surface area (Å²) in [6, 6.07) is 3.91. The highest BCUT2D eigenvalue weighted by molar-refractivity contribution is 5.90. The number of hydrogen-bond acceptors (Lipinski definition) is 3. The Labute approximate surface area is 101 Å². The van der Waals surface area contributed by atoms with Crippen molar-refractivity contribution in [2.75, 3.05) is 20.3 Å². The number of aromatic nitrogens is 1. The molecule has 0 fully saturated rings. The molecule has 2 rings (SSSR count). The summed E-state index contributed by atoms with van der Waals surface area (Å²) in [4.78, 5) is 3.24. The fourth-order valence-electron chi connectivity index (χ4n) is 1.98. The molecule has 1 heterocycles. The van der Waals surface area contributed by atoms with Crippen molar-refractivity contribution in [2.45, 2.75) is 13.3 Å². The van der Waals surface area contributed by atoms with E-state index in [2.05, 4.69) is 4.98 Å². The number of methoxy groups -OCH3 is 1. The van der Waals surface area contributed by atoms with E-state index in [0.717, 1.165) is 28.8 Å². The summed E-state index contributed by atoms with van der Waals surface area (Å²) in [7, 11) is 1.66. The van der Waals surface area contributed by atoms with Crippen molar-refractivity contribution >= 4 is 10.9 Å². The molecule has 17 heavy (non-hydrogen) atoms. The highest BCUT2D eigenvalue weighted by Gasteiger charge is 2.10. The van der Waals surface area contributed by atoms with Gasteiger partial charge in [0, 0.05) is 17.6 Å². The molecule has 0 amide bonds. The lowest BCUT2D eigenvalue weighted by molar-refractivity contribution is 0.340. The lowest BCUT2D eigenvalue weighted by atomic mass is 10.1. The van der Waals surface area contributed by atoms with E-state index >= 15 is 0 Å². The molecule has 0 bridgehead atoms. The first-order chi connectivity index (χ1) is 8.30. The summed E-state index contributed by atoms with van der Waals surface area (Å²) >= 11 is 0. The first kappa shape index (κ1) is 11.8. The number of aromatic amines is 1. The van der Waals surface area contributed by atoms with E-state index in [4.69, 9.17) is 15.2 Å². The number of fused-ring (bicyclic) bond motifs is 1. The summed E-state index contributed by atoms with van der Waals surface area (Å²) in [6.45, 7) is 3.23. The molecule has 1 aromatic carbocycles. The SMILES string of the molecule is CCOc1cc(OC)cc2c(CCN)c[nH]c12. The van der Waals surface area contributed by atoms with Gasteiger partial charge < -0.3 is 20.2 Å². The van der Waals surface area contributed by atoms with Crippen molar-refractivity contribution in [2.24, 2.45) is 5.73 Å². The number of hydrogen-bond donors (Lipinski definition) is 2. The summed E-state index contributed by atoms with van der Waals surface area (Å²) in [5, 5.41) is 1.12. The molecule has 0 radical (unpaired) electrons. The van der Waals surface area contributed by atoms with E-state index in [1.807, 2.05) is 25.3 Å². The van der Waals surface area contributed by atoms with Crippen LogP contribution in [0.25, 0.3) is 10.9 Å². The van der Waals surface area contributed by atoms with Crippen molar-refractivity contribution in [3.8, 4) is 11.5 Å². The third-order valence-corrected chi connectivity index (χ3v) is 2.76. The van der Waals surface area contributed by atoms with Gasteiger partial charge in [-0.15, -0.1) is 0 Å². The molecule has 1 aromatic heterocycles. The van der Waals surface area contributed by atoms with Gasteiger partial charge in [0.1, 0.15) is 11.5 Å². The minimum Gasteiger partial charge on any atom is -0.497 e. The van der Waals surface area contributed by atoms with E-state index in [1.54, 1.807) is 7.11 Å². The molecule has 0 aliphatic rings. The van der Waals surface area contributed by atoms with Gasteiger partial charge in [0.05, 0.1) is 19.2 Å². The molecule has 92 valence electrons. The van der Waals surface area contributed by atoms with Crippen LogP contribution in [-0.2, 0) is 6.42 Å². The number of H-pyrrole nitrogens is 1. The topological polar surface area (TPSA) is 60.3 Å². The normalized spacial score (nSPS) is 10.8. The summed E-state index contributed by atoms with van der Waals surface area (Å²) in [5.74, 6) is 1.63. The van der Waals surface area contributed by atoms with Crippen LogP contribution in [-0.4, -0.2) is 25.2 Å². The van der Waals surface area contributed by atoms with Gasteiger partial charge in [0.2, 0.25) is 0 Å². The maximum atomic E-state index is 5.61. The zero-order valence-corrected chi connectivity index (χ0v) is 10.2. The van der Waals surface area contributed by atoms with Crippen LogP contribution in [0.1, 0.15) is 12.5 Å². The predicted molar refractivity (Wildman–Crippen MR) is 68.8 cm³/mol. The number of nitrogens with two attached hydrogens (primary N) is 1. The van der Waals surface area contributed by atoms with Crippen LogP contribution in [0.5, 0.6) is 11.5 Å². The van der Waals surface area contributed by atoms with Gasteiger partial charge in [0.25, 0.3) is 0 Å². The fraction of sp³-hybridized carbons (Fsp3) is 0.385. The number of benzene rings is 1. The third kappa shape index (κ3) is 2.22. The molecule has 2 aromatic rings. The Morgan fingerprint density at radius 2 is 2.18 bits per heavy atom. The van der Waals surface area contributed by atoms with Crippen LogP contribution in [0.4, 0.5) is 0 Å². The quantitative estimate of drug-likeness (QED) is 0.832. The molecule has 4 nitrogen and oxygen atoms in total. The summed E-state index contributed by atoms with van der Waals surface area (Å²) in [6.07, 6.45) is 2.83. The Hall–Kier alpha value is -1.68. The molecule has 0 atom stereocenters. The summed E-state index contributed by atoms with van der Waals surface area (Å²) in [5.41, 5.74) is 7.81. The lowest BCUT2D eigenvalue weighted by Crippen LogP contribution is -2.02. The minimum atomic E-state index is 0.632. The van der Waals surface area contributed by atoms with Crippen molar-refractivity contribution in [3.05, 3.63) is 23.9 Å². The van der Waals surface area contributed by atoms with E-state index in [9.17, 15) is 0 Å². The Kier molecular flexibility index (Phi) is 3.54. The van der Waals surface area contributed by atoms with Gasteiger partial charge in [0.15, 0.2) is 0 Å². The second-order valence-corrected chi connectivity index (χ2v) is 3.83. The number of nitrogens with one attached hydrogen (secondary N) is 1. The van der Waals surface area contributed by atoms with Gasteiger partial charge >= 0.3 is 0 Å². The van der Waals surface area contributed by atoms with Gasteiger partial charge in [-0.05, 0) is 31.5 Å². The largest absolute Gasteiger partial charge is 0.497 e. The van der Waals surface area contributed by atoms with E-state index in [-0.39, 0.29) is 0 Å². The average Bonchev–Trinajstić information content (AvgIpc) is 2.74. The van der Waals surface area contributed by atoms with Gasteiger partial charge in [-0.25, -0.2) is 0 Å². The molecule has 0 saturated heterocycles. The monoisotopic (exact) mass is 234 g/mol. The standard InChI is InChI=1S/C13H18N2O2/c1-3-17-12-7-10(16-2)6-11-9(4-5-14)8-15-13(11)12/h6-8,15H,3-5,14H2,1-2H3. The van der Waals surface area contributed by atoms with Gasteiger partial charge in [-0.2, -0.15) is 0 Å². The molecular formula is C13H18N2O2. The van der Waals surface area contributed by atoms with Crippen molar-refractivity contribution in [3.63, 3.8) is 0 Å². The molecule has 0 unspecified atom stereocenters. The molecule has 0 saturated carbocycles. The maximum absolute atomic E-state index is 5.61. The Morgan fingerprint density at radius 1 is 1.35 bits per heavy atom. The van der Waals surface area contributed by atoms with Crippen LogP contribution in [0, 0.1) is 0 Å². The van der Waals surface area contributed by atoms with Crippen molar-refractivity contribution in [1.29, 1.82) is 0 Å². The zero-order chi connectivity index (χ0) is 12.3. The molecular weight excluding hydrogens is 216 g/mol. The molecule has 3 N–H and O–H groups in total. The lowest BCUT2D eigenvalue weighted by Gasteiger charge is -2.08. The first-order valence-corrected chi connectivity index (χ1v) is 5.81. The molecule has 4 heteroatoms. The van der Waals surface area contributed by atoms with Crippen LogP contribution in [0.2, 0.25) is 0 Å². The van der Waals surface area contributed by atoms with E-state index in [0.29, 0.717) is 13.2 Å². The number of ether oxygens (including phenoxy) is 2. The first-order valence-electron chi connectivity index (χ1n) is 5.81. The number of rotatable bonds is 5. The van der Waals surface area contributed by atoms with Gasteiger partial charge in [-0.3, -0.25) is 0 Å². The highest BCUT2D eigenvalue weighted by Crippen LogP contribution is 2.32. The second kappa shape index (κ2) is 5.10.